The van der Waals surface area contributed by atoms with E-state index in [9.17, 15) is 5.11 Å². The molecule has 2 nitrogen and oxygen atoms in total. The Balaban J connectivity index is 2.49. The van der Waals surface area contributed by atoms with Crippen molar-refractivity contribution in [3.8, 4) is 17.0 Å². The van der Waals surface area contributed by atoms with Crippen molar-refractivity contribution >= 4 is 0 Å². The minimum absolute atomic E-state index is 0.262. The van der Waals surface area contributed by atoms with E-state index in [1.165, 1.54) is 0 Å². The van der Waals surface area contributed by atoms with Gasteiger partial charge in [-0.25, -0.2) is 0 Å². The number of hydrogen-bond donors (Lipinski definition) is 1. The predicted molar refractivity (Wildman–Crippen MR) is 60.4 cm³/mol. The third-order valence-electron chi connectivity index (χ3n) is 2.25. The summed E-state index contributed by atoms with van der Waals surface area (Å²) in [5.74, 6) is 0.262. The summed E-state index contributed by atoms with van der Waals surface area (Å²) in [6.45, 7) is 1.94. The average molecular weight is 198 g/mol. The van der Waals surface area contributed by atoms with Crippen molar-refractivity contribution in [3.05, 3.63) is 54.6 Å². The molecule has 0 spiro atoms. The maximum absolute atomic E-state index is 9.68. The van der Waals surface area contributed by atoms with Gasteiger partial charge in [0.2, 0.25) is 0 Å². The Bertz CT molecular complexity index is 466. The lowest BCUT2D eigenvalue weighted by molar-refractivity contribution is 0.477. The SMILES string of the molecule is C[CH]c1cccc(-c2ccccc2O)n1. The number of phenols is 1. The Labute approximate surface area is 89.2 Å². The Hall–Kier alpha value is -1.83. The lowest BCUT2D eigenvalue weighted by Gasteiger charge is -2.04. The van der Waals surface area contributed by atoms with E-state index in [2.05, 4.69) is 4.98 Å². The van der Waals surface area contributed by atoms with Crippen LogP contribution >= 0.6 is 0 Å². The van der Waals surface area contributed by atoms with Crippen LogP contribution < -0.4 is 0 Å². The van der Waals surface area contributed by atoms with E-state index < -0.39 is 0 Å². The summed E-state index contributed by atoms with van der Waals surface area (Å²) in [5.41, 5.74) is 2.47. The highest BCUT2D eigenvalue weighted by Crippen LogP contribution is 2.26. The standard InChI is InChI=1S/C13H12NO/c1-2-10-6-5-8-12(14-10)11-7-3-4-9-13(11)15/h2-9,15H,1H3. The second-order valence-corrected chi connectivity index (χ2v) is 3.25. The monoisotopic (exact) mass is 198 g/mol. The normalized spacial score (nSPS) is 10.2. The molecule has 0 amide bonds. The number of hydrogen-bond acceptors (Lipinski definition) is 2. The minimum atomic E-state index is 0.262. The molecule has 0 saturated heterocycles. The van der Waals surface area contributed by atoms with E-state index >= 15 is 0 Å². The fraction of sp³-hybridized carbons (Fsp3) is 0.0769. The number of benzene rings is 1. The van der Waals surface area contributed by atoms with E-state index in [1.807, 2.05) is 43.7 Å². The molecule has 0 atom stereocenters. The Morgan fingerprint density at radius 3 is 2.60 bits per heavy atom. The predicted octanol–water partition coefficient (Wildman–Crippen LogP) is 3.03. The van der Waals surface area contributed by atoms with Crippen LogP contribution in [0.1, 0.15) is 12.6 Å². The molecular formula is C13H12NO. The number of nitrogens with zero attached hydrogens (tertiary/aromatic N) is 1. The highest BCUT2D eigenvalue weighted by molar-refractivity contribution is 5.66. The number of rotatable bonds is 2. The molecule has 15 heavy (non-hydrogen) atoms. The second kappa shape index (κ2) is 4.13. The lowest BCUT2D eigenvalue weighted by atomic mass is 10.1. The lowest BCUT2D eigenvalue weighted by Crippen LogP contribution is -1.88. The summed E-state index contributed by atoms with van der Waals surface area (Å²) >= 11 is 0. The van der Waals surface area contributed by atoms with E-state index in [4.69, 9.17) is 0 Å². The first-order valence-corrected chi connectivity index (χ1v) is 4.86. The van der Waals surface area contributed by atoms with Gasteiger partial charge >= 0.3 is 0 Å². The van der Waals surface area contributed by atoms with Crippen molar-refractivity contribution in [1.82, 2.24) is 4.98 Å². The molecule has 1 aromatic carbocycles. The largest absolute Gasteiger partial charge is 0.507 e. The zero-order valence-corrected chi connectivity index (χ0v) is 8.51. The van der Waals surface area contributed by atoms with E-state index in [1.54, 1.807) is 12.1 Å². The summed E-state index contributed by atoms with van der Waals surface area (Å²) in [5, 5.41) is 9.68. The minimum Gasteiger partial charge on any atom is -0.507 e. The van der Waals surface area contributed by atoms with Crippen LogP contribution in [0.4, 0.5) is 0 Å². The van der Waals surface area contributed by atoms with Crippen molar-refractivity contribution in [3.63, 3.8) is 0 Å². The molecular weight excluding hydrogens is 186 g/mol. The average Bonchev–Trinajstić information content (AvgIpc) is 2.30. The molecule has 1 aromatic heterocycles. The second-order valence-electron chi connectivity index (χ2n) is 3.25. The van der Waals surface area contributed by atoms with Gasteiger partial charge in [0.15, 0.2) is 0 Å². The molecule has 0 bridgehead atoms. The number of para-hydroxylation sites is 1. The first-order valence-electron chi connectivity index (χ1n) is 4.86. The molecule has 1 heterocycles. The van der Waals surface area contributed by atoms with Gasteiger partial charge in [0, 0.05) is 17.7 Å². The topological polar surface area (TPSA) is 33.1 Å². The van der Waals surface area contributed by atoms with Crippen LogP contribution in [0.25, 0.3) is 11.3 Å². The molecule has 1 radical (unpaired) electrons. The molecule has 0 unspecified atom stereocenters. The summed E-state index contributed by atoms with van der Waals surface area (Å²) in [6, 6.07) is 13.0. The quantitative estimate of drug-likeness (QED) is 0.804. The first-order chi connectivity index (χ1) is 7.31. The van der Waals surface area contributed by atoms with Crippen LogP contribution in [0.3, 0.4) is 0 Å². The molecule has 0 aliphatic carbocycles. The molecule has 0 fully saturated rings. The van der Waals surface area contributed by atoms with Crippen LogP contribution in [-0.2, 0) is 0 Å². The van der Waals surface area contributed by atoms with Gasteiger partial charge in [-0.05, 0) is 24.3 Å². The molecule has 75 valence electrons. The van der Waals surface area contributed by atoms with Crippen LogP contribution in [-0.4, -0.2) is 10.1 Å². The number of pyridine rings is 1. The van der Waals surface area contributed by atoms with Crippen molar-refractivity contribution < 1.29 is 5.11 Å². The van der Waals surface area contributed by atoms with Gasteiger partial charge in [-0.2, -0.15) is 0 Å². The zero-order valence-electron chi connectivity index (χ0n) is 8.51. The molecule has 1 N–H and O–H groups in total. The molecule has 2 aromatic rings. The fourth-order valence-electron chi connectivity index (χ4n) is 1.45. The highest BCUT2D eigenvalue weighted by atomic mass is 16.3. The van der Waals surface area contributed by atoms with Gasteiger partial charge in [-0.1, -0.05) is 25.1 Å². The van der Waals surface area contributed by atoms with E-state index in [-0.39, 0.29) is 5.75 Å². The van der Waals surface area contributed by atoms with Gasteiger partial charge in [-0.15, -0.1) is 0 Å². The Morgan fingerprint density at radius 2 is 1.87 bits per heavy atom. The molecule has 0 saturated carbocycles. The molecule has 0 aliphatic rings. The van der Waals surface area contributed by atoms with Crippen LogP contribution in [0.5, 0.6) is 5.75 Å². The number of aromatic hydroxyl groups is 1. The van der Waals surface area contributed by atoms with E-state index in [0.29, 0.717) is 0 Å². The smallest absolute Gasteiger partial charge is 0.124 e. The van der Waals surface area contributed by atoms with Gasteiger partial charge < -0.3 is 5.11 Å². The third-order valence-corrected chi connectivity index (χ3v) is 2.25. The fourth-order valence-corrected chi connectivity index (χ4v) is 1.45. The summed E-state index contributed by atoms with van der Waals surface area (Å²) in [7, 11) is 0. The summed E-state index contributed by atoms with van der Waals surface area (Å²) in [4.78, 5) is 4.41. The van der Waals surface area contributed by atoms with E-state index in [0.717, 1.165) is 17.0 Å². The Kier molecular flexibility index (Phi) is 2.68. The zero-order chi connectivity index (χ0) is 10.7. The van der Waals surface area contributed by atoms with Crippen molar-refractivity contribution in [1.29, 1.82) is 0 Å². The van der Waals surface area contributed by atoms with Gasteiger partial charge in [0.1, 0.15) is 5.75 Å². The van der Waals surface area contributed by atoms with Crippen molar-refractivity contribution in [2.75, 3.05) is 0 Å². The molecule has 2 rings (SSSR count). The maximum atomic E-state index is 9.68. The van der Waals surface area contributed by atoms with Gasteiger partial charge in [0.25, 0.3) is 0 Å². The van der Waals surface area contributed by atoms with Crippen LogP contribution in [0, 0.1) is 6.42 Å². The number of phenolic OH excluding ortho intramolecular Hbond substituents is 1. The van der Waals surface area contributed by atoms with Gasteiger partial charge in [0.05, 0.1) is 5.69 Å². The third kappa shape index (κ3) is 1.99. The summed E-state index contributed by atoms with van der Waals surface area (Å²) in [6.07, 6.45) is 1.93. The van der Waals surface area contributed by atoms with Crippen LogP contribution in [0.15, 0.2) is 42.5 Å². The number of aromatic nitrogens is 1. The highest BCUT2D eigenvalue weighted by Gasteiger charge is 2.04. The van der Waals surface area contributed by atoms with Crippen molar-refractivity contribution in [2.45, 2.75) is 6.92 Å². The van der Waals surface area contributed by atoms with Crippen LogP contribution in [0.2, 0.25) is 0 Å². The van der Waals surface area contributed by atoms with Crippen molar-refractivity contribution in [2.24, 2.45) is 0 Å². The molecule has 2 heteroatoms. The summed E-state index contributed by atoms with van der Waals surface area (Å²) < 4.78 is 0. The molecule has 0 aliphatic heterocycles. The van der Waals surface area contributed by atoms with Gasteiger partial charge in [-0.3, -0.25) is 4.98 Å². The Morgan fingerprint density at radius 1 is 1.07 bits per heavy atom. The first kappa shape index (κ1) is 9.71. The maximum Gasteiger partial charge on any atom is 0.124 e.